The topological polar surface area (TPSA) is 17.1 Å². The number of carbonyl (C=O) groups excluding carboxylic acids is 1. The van der Waals surface area contributed by atoms with E-state index in [4.69, 9.17) is 0 Å². The lowest BCUT2D eigenvalue weighted by Gasteiger charge is -1.63. The van der Waals surface area contributed by atoms with E-state index in [0.717, 1.165) is 11.6 Å². The number of aldehydes is 1. The van der Waals surface area contributed by atoms with Crippen LogP contribution in [0.5, 0.6) is 0 Å². The van der Waals surface area contributed by atoms with Crippen LogP contribution in [0.2, 0.25) is 0 Å². The Morgan fingerprint density at radius 2 is 2.33 bits per heavy atom. The summed E-state index contributed by atoms with van der Waals surface area (Å²) in [5, 5.41) is 0.756. The van der Waals surface area contributed by atoms with E-state index in [1.807, 2.05) is 0 Å². The average Bonchev–Trinajstić information content (AvgIpc) is 1.61. The summed E-state index contributed by atoms with van der Waals surface area (Å²) in [6.07, 6.45) is 3.93. The Bertz CT molecular complexity index is 58.6. The van der Waals surface area contributed by atoms with E-state index in [0.29, 0.717) is 0 Å². The summed E-state index contributed by atoms with van der Waals surface area (Å²) >= 11 is 3.10. The van der Waals surface area contributed by atoms with Crippen LogP contribution in [0.15, 0.2) is 12.2 Å². The normalized spacial score (nSPS) is 9.50. The van der Waals surface area contributed by atoms with Crippen molar-refractivity contribution < 1.29 is 4.79 Å². The van der Waals surface area contributed by atoms with Gasteiger partial charge in [0.25, 0.3) is 0 Å². The average molecular weight is 149 g/mol. The third kappa shape index (κ3) is 3.89. The molecule has 0 aliphatic heterocycles. The van der Waals surface area contributed by atoms with Crippen molar-refractivity contribution in [2.24, 2.45) is 0 Å². The van der Waals surface area contributed by atoms with E-state index in [2.05, 4.69) is 15.9 Å². The summed E-state index contributed by atoms with van der Waals surface area (Å²) in [4.78, 5) is 9.46. The summed E-state index contributed by atoms with van der Waals surface area (Å²) in [6, 6.07) is 0. The van der Waals surface area contributed by atoms with Gasteiger partial charge in [0, 0.05) is 5.33 Å². The van der Waals surface area contributed by atoms with Crippen LogP contribution in [0.25, 0.3) is 0 Å². The molecule has 0 unspecified atom stereocenters. The van der Waals surface area contributed by atoms with Crippen molar-refractivity contribution in [1.82, 2.24) is 0 Å². The molecule has 0 saturated carbocycles. The van der Waals surface area contributed by atoms with Crippen LogP contribution in [-0.2, 0) is 4.79 Å². The van der Waals surface area contributed by atoms with E-state index in [-0.39, 0.29) is 0 Å². The lowest BCUT2D eigenvalue weighted by atomic mass is 10.6. The van der Waals surface area contributed by atoms with Crippen molar-refractivity contribution in [1.29, 1.82) is 0 Å². The Morgan fingerprint density at radius 1 is 1.67 bits per heavy atom. The lowest BCUT2D eigenvalue weighted by Crippen LogP contribution is -1.59. The second-order valence-electron chi connectivity index (χ2n) is 0.719. The quantitative estimate of drug-likeness (QED) is 0.326. The Morgan fingerprint density at radius 3 is 2.50 bits per heavy atom. The predicted molar refractivity (Wildman–Crippen MR) is 29.0 cm³/mol. The number of hydrogen-bond donors (Lipinski definition) is 0. The van der Waals surface area contributed by atoms with Crippen molar-refractivity contribution in [2.45, 2.75) is 0 Å². The van der Waals surface area contributed by atoms with Crippen molar-refractivity contribution in [3.8, 4) is 0 Å². The number of alkyl halides is 1. The summed E-state index contributed by atoms with van der Waals surface area (Å²) < 4.78 is 0. The van der Waals surface area contributed by atoms with Crippen LogP contribution in [0.1, 0.15) is 0 Å². The van der Waals surface area contributed by atoms with Crippen LogP contribution in [0.4, 0.5) is 0 Å². The molecule has 6 heavy (non-hydrogen) atoms. The van der Waals surface area contributed by atoms with Gasteiger partial charge in [-0.15, -0.1) is 0 Å². The minimum Gasteiger partial charge on any atom is -0.299 e. The SMILES string of the molecule is O=C/C=C/CBr. The maximum atomic E-state index is 9.46. The number of halogens is 1. The first-order valence-electron chi connectivity index (χ1n) is 1.58. The molecule has 0 aliphatic rings. The first-order chi connectivity index (χ1) is 2.91. The van der Waals surface area contributed by atoms with Crippen LogP contribution >= 0.6 is 15.9 Å². The van der Waals surface area contributed by atoms with Crippen LogP contribution in [0, 0.1) is 0 Å². The molecule has 0 bridgehead atoms. The molecule has 0 aliphatic carbocycles. The molecule has 0 rings (SSSR count). The Balaban J connectivity index is 2.94. The molecule has 0 fully saturated rings. The Hall–Kier alpha value is -0.110. The molecule has 0 heterocycles. The fourth-order valence-corrected chi connectivity index (χ4v) is 0.323. The molecule has 0 saturated heterocycles. The van der Waals surface area contributed by atoms with Gasteiger partial charge in [-0.2, -0.15) is 0 Å². The van der Waals surface area contributed by atoms with Crippen molar-refractivity contribution in [3.63, 3.8) is 0 Å². The van der Waals surface area contributed by atoms with Gasteiger partial charge in [-0.05, 0) is 6.08 Å². The summed E-state index contributed by atoms with van der Waals surface area (Å²) in [6.45, 7) is 0. The monoisotopic (exact) mass is 148 g/mol. The van der Waals surface area contributed by atoms with Gasteiger partial charge in [0.2, 0.25) is 0 Å². The second kappa shape index (κ2) is 4.89. The van der Waals surface area contributed by atoms with Gasteiger partial charge in [0.05, 0.1) is 0 Å². The zero-order valence-corrected chi connectivity index (χ0v) is 4.81. The van der Waals surface area contributed by atoms with E-state index >= 15 is 0 Å². The van der Waals surface area contributed by atoms with Gasteiger partial charge < -0.3 is 0 Å². The molecule has 0 aromatic carbocycles. The van der Waals surface area contributed by atoms with Gasteiger partial charge >= 0.3 is 0 Å². The van der Waals surface area contributed by atoms with E-state index in [1.54, 1.807) is 6.08 Å². The number of allylic oxidation sites excluding steroid dienone is 2. The number of carbonyl (C=O) groups is 1. The minimum absolute atomic E-state index is 0.751. The Kier molecular flexibility index (Phi) is 4.80. The summed E-state index contributed by atoms with van der Waals surface area (Å²) in [5.74, 6) is 0. The predicted octanol–water partition coefficient (Wildman–Crippen LogP) is 1.14. The van der Waals surface area contributed by atoms with Gasteiger partial charge in [-0.3, -0.25) is 4.79 Å². The Labute approximate surface area is 45.2 Å². The fraction of sp³-hybridized carbons (Fsp3) is 0.250. The molecule has 34 valence electrons. The van der Waals surface area contributed by atoms with Gasteiger partial charge in [0.1, 0.15) is 6.29 Å². The van der Waals surface area contributed by atoms with Crippen LogP contribution in [0.3, 0.4) is 0 Å². The van der Waals surface area contributed by atoms with Crippen molar-refractivity contribution in [2.75, 3.05) is 5.33 Å². The number of rotatable bonds is 2. The first-order valence-corrected chi connectivity index (χ1v) is 2.70. The van der Waals surface area contributed by atoms with Crippen molar-refractivity contribution >= 4 is 22.2 Å². The van der Waals surface area contributed by atoms with Gasteiger partial charge in [0.15, 0.2) is 0 Å². The van der Waals surface area contributed by atoms with Crippen LogP contribution in [-0.4, -0.2) is 11.6 Å². The molecule has 0 spiro atoms. The second-order valence-corrected chi connectivity index (χ2v) is 1.37. The fourth-order valence-electron chi connectivity index (χ4n) is 0.107. The summed E-state index contributed by atoms with van der Waals surface area (Å²) in [7, 11) is 0. The van der Waals surface area contributed by atoms with Crippen LogP contribution < -0.4 is 0 Å². The zero-order valence-electron chi connectivity index (χ0n) is 3.23. The third-order valence-corrected chi connectivity index (χ3v) is 0.678. The van der Waals surface area contributed by atoms with E-state index in [9.17, 15) is 4.79 Å². The van der Waals surface area contributed by atoms with E-state index in [1.165, 1.54) is 6.08 Å². The smallest absolute Gasteiger partial charge is 0.142 e. The maximum absolute atomic E-state index is 9.46. The largest absolute Gasteiger partial charge is 0.299 e. The molecule has 0 amide bonds. The maximum Gasteiger partial charge on any atom is 0.142 e. The lowest BCUT2D eigenvalue weighted by molar-refractivity contribution is -0.104. The highest BCUT2D eigenvalue weighted by Crippen LogP contribution is 1.77. The minimum atomic E-state index is 0.751. The molecule has 0 aromatic heterocycles. The highest BCUT2D eigenvalue weighted by atomic mass is 79.9. The molecular weight excluding hydrogens is 144 g/mol. The highest BCUT2D eigenvalue weighted by molar-refractivity contribution is 9.09. The van der Waals surface area contributed by atoms with E-state index < -0.39 is 0 Å². The van der Waals surface area contributed by atoms with Gasteiger partial charge in [-0.25, -0.2) is 0 Å². The highest BCUT2D eigenvalue weighted by Gasteiger charge is 1.60. The first kappa shape index (κ1) is 5.89. The summed E-state index contributed by atoms with van der Waals surface area (Å²) in [5.41, 5.74) is 0. The molecule has 0 radical (unpaired) electrons. The molecule has 2 heteroatoms. The third-order valence-electron chi connectivity index (χ3n) is 0.304. The standard InChI is InChI=1S/C4H5BrO/c5-3-1-2-4-6/h1-2,4H,3H2/b2-1+. The molecule has 0 atom stereocenters. The van der Waals surface area contributed by atoms with Crippen molar-refractivity contribution in [3.05, 3.63) is 12.2 Å². The van der Waals surface area contributed by atoms with Gasteiger partial charge in [-0.1, -0.05) is 22.0 Å². The molecule has 0 aromatic rings. The molecule has 1 nitrogen and oxygen atoms in total. The zero-order chi connectivity index (χ0) is 4.83. The molecule has 0 N–H and O–H groups in total. The molecular formula is C4H5BrO. The number of hydrogen-bond acceptors (Lipinski definition) is 1.